The molecule has 1 aromatic heterocycles. The summed E-state index contributed by atoms with van der Waals surface area (Å²) >= 11 is 1.32. The van der Waals surface area contributed by atoms with Gasteiger partial charge in [-0.2, -0.15) is 0 Å². The number of methoxy groups -OCH3 is 1. The molecular weight excluding hydrogens is 372 g/mol. The minimum atomic E-state index is -0.426. The average Bonchev–Trinajstić information content (AvgIpc) is 2.68. The van der Waals surface area contributed by atoms with Crippen LogP contribution in [0.5, 0.6) is 5.75 Å². The average molecular weight is 397 g/mol. The van der Waals surface area contributed by atoms with Crippen LogP contribution in [0.25, 0.3) is 10.9 Å². The fourth-order valence-corrected chi connectivity index (χ4v) is 3.82. The van der Waals surface area contributed by atoms with Crippen LogP contribution >= 0.6 is 11.8 Å². The van der Waals surface area contributed by atoms with Crippen molar-refractivity contribution >= 4 is 28.4 Å². The van der Waals surface area contributed by atoms with Gasteiger partial charge in [-0.1, -0.05) is 56.8 Å². The zero-order valence-corrected chi connectivity index (χ0v) is 17.4. The van der Waals surface area contributed by atoms with Crippen molar-refractivity contribution in [3.63, 3.8) is 0 Å². The van der Waals surface area contributed by atoms with Crippen molar-refractivity contribution in [2.24, 2.45) is 5.41 Å². The number of para-hydroxylation sites is 1. The molecule has 1 heterocycles. The molecule has 0 radical (unpaired) electrons. The highest BCUT2D eigenvalue weighted by atomic mass is 32.2. The Bertz CT molecular complexity index is 1050. The topological polar surface area (TPSA) is 61.2 Å². The van der Waals surface area contributed by atoms with Crippen LogP contribution in [-0.4, -0.2) is 28.2 Å². The second-order valence-corrected chi connectivity index (χ2v) is 8.56. The number of thioether (sulfide) groups is 1. The monoisotopic (exact) mass is 396 g/mol. The third-order valence-electron chi connectivity index (χ3n) is 4.50. The van der Waals surface area contributed by atoms with E-state index in [-0.39, 0.29) is 17.1 Å². The number of fused-ring (bicyclic) bond motifs is 1. The number of nitrogens with zero attached hydrogens (tertiary/aromatic N) is 2. The number of ketones is 1. The minimum Gasteiger partial charge on any atom is -0.497 e. The van der Waals surface area contributed by atoms with Crippen LogP contribution in [-0.2, 0) is 11.3 Å². The van der Waals surface area contributed by atoms with Crippen molar-refractivity contribution in [1.82, 2.24) is 9.55 Å². The summed E-state index contributed by atoms with van der Waals surface area (Å²) in [6, 6.07) is 14.9. The van der Waals surface area contributed by atoms with Crippen LogP contribution in [0.2, 0.25) is 0 Å². The van der Waals surface area contributed by atoms with Gasteiger partial charge in [0.1, 0.15) is 11.5 Å². The number of rotatable bonds is 6. The molecule has 0 spiro atoms. The number of hydrogen-bond donors (Lipinski definition) is 0. The minimum absolute atomic E-state index is 0.105. The Morgan fingerprint density at radius 2 is 1.79 bits per heavy atom. The number of carbonyl (C=O) groups excluding carboxylic acids is 1. The van der Waals surface area contributed by atoms with Crippen molar-refractivity contribution < 1.29 is 9.53 Å². The normalized spacial score (nSPS) is 11.6. The lowest BCUT2D eigenvalue weighted by molar-refractivity contribution is -0.123. The van der Waals surface area contributed by atoms with Gasteiger partial charge in [0.05, 0.1) is 30.3 Å². The Labute approximate surface area is 168 Å². The zero-order valence-electron chi connectivity index (χ0n) is 16.6. The number of benzene rings is 2. The summed E-state index contributed by atoms with van der Waals surface area (Å²) < 4.78 is 6.84. The maximum atomic E-state index is 13.1. The van der Waals surface area contributed by atoms with E-state index in [1.807, 2.05) is 63.2 Å². The van der Waals surface area contributed by atoms with E-state index in [9.17, 15) is 9.59 Å². The molecule has 3 aromatic rings. The van der Waals surface area contributed by atoms with E-state index in [4.69, 9.17) is 4.74 Å². The molecule has 6 heteroatoms. The van der Waals surface area contributed by atoms with Gasteiger partial charge in [-0.05, 0) is 29.8 Å². The zero-order chi connectivity index (χ0) is 20.3. The van der Waals surface area contributed by atoms with Crippen molar-refractivity contribution in [2.45, 2.75) is 32.5 Å². The van der Waals surface area contributed by atoms with Gasteiger partial charge in [-0.3, -0.25) is 14.2 Å². The number of hydrogen-bond acceptors (Lipinski definition) is 5. The molecule has 0 amide bonds. The van der Waals surface area contributed by atoms with E-state index in [0.717, 1.165) is 11.3 Å². The van der Waals surface area contributed by atoms with Crippen molar-refractivity contribution in [3.8, 4) is 5.75 Å². The molecule has 0 bridgehead atoms. The van der Waals surface area contributed by atoms with Crippen LogP contribution in [0.4, 0.5) is 0 Å². The summed E-state index contributed by atoms with van der Waals surface area (Å²) in [5.41, 5.74) is 1.07. The van der Waals surface area contributed by atoms with Gasteiger partial charge in [0.2, 0.25) is 0 Å². The first kappa shape index (κ1) is 20.1. The summed E-state index contributed by atoms with van der Waals surface area (Å²) in [6.07, 6.45) is 0. The smallest absolute Gasteiger partial charge is 0.262 e. The Balaban J connectivity index is 2.00. The Morgan fingerprint density at radius 1 is 1.11 bits per heavy atom. The molecule has 0 saturated heterocycles. The second-order valence-electron chi connectivity index (χ2n) is 7.61. The third-order valence-corrected chi connectivity index (χ3v) is 5.47. The maximum absolute atomic E-state index is 13.1. The lowest BCUT2D eigenvalue weighted by Crippen LogP contribution is -2.26. The molecule has 28 heavy (non-hydrogen) atoms. The van der Waals surface area contributed by atoms with Crippen molar-refractivity contribution in [2.75, 3.05) is 12.9 Å². The molecular formula is C22H24N2O3S. The van der Waals surface area contributed by atoms with Crippen LogP contribution in [0.3, 0.4) is 0 Å². The molecule has 5 nitrogen and oxygen atoms in total. The highest BCUT2D eigenvalue weighted by Gasteiger charge is 2.22. The molecule has 0 saturated carbocycles. The lowest BCUT2D eigenvalue weighted by atomic mass is 9.92. The standard InChI is InChI=1S/C22H24N2O3S/c1-22(2,3)19(25)14-28-21-23-18-8-6-5-7-17(18)20(26)24(21)13-15-9-11-16(27-4)12-10-15/h5-12H,13-14H2,1-4H3. The van der Waals surface area contributed by atoms with Gasteiger partial charge in [0.25, 0.3) is 5.56 Å². The van der Waals surface area contributed by atoms with Gasteiger partial charge >= 0.3 is 0 Å². The van der Waals surface area contributed by atoms with E-state index in [0.29, 0.717) is 22.6 Å². The van der Waals surface area contributed by atoms with E-state index >= 15 is 0 Å². The Morgan fingerprint density at radius 3 is 2.43 bits per heavy atom. The summed E-state index contributed by atoms with van der Waals surface area (Å²) in [5, 5.41) is 1.12. The molecule has 0 aliphatic rings. The molecule has 0 aliphatic heterocycles. The molecule has 0 N–H and O–H groups in total. The SMILES string of the molecule is COc1ccc(Cn2c(SCC(=O)C(C)(C)C)nc3ccccc3c2=O)cc1. The Hall–Kier alpha value is -2.60. The first-order chi connectivity index (χ1) is 13.3. The van der Waals surface area contributed by atoms with Crippen molar-refractivity contribution in [1.29, 1.82) is 0 Å². The van der Waals surface area contributed by atoms with Crippen molar-refractivity contribution in [3.05, 3.63) is 64.4 Å². The second kappa shape index (κ2) is 8.19. The van der Waals surface area contributed by atoms with Gasteiger partial charge in [0, 0.05) is 5.41 Å². The predicted octanol–water partition coefficient (Wildman–Crippen LogP) is 4.16. The number of aromatic nitrogens is 2. The van der Waals surface area contributed by atoms with E-state index in [2.05, 4.69) is 4.98 Å². The molecule has 3 rings (SSSR count). The Kier molecular flexibility index (Phi) is 5.89. The number of ether oxygens (including phenoxy) is 1. The van der Waals surface area contributed by atoms with Gasteiger partial charge in [-0.15, -0.1) is 0 Å². The first-order valence-corrected chi connectivity index (χ1v) is 10.1. The summed E-state index contributed by atoms with van der Waals surface area (Å²) in [4.78, 5) is 30.2. The largest absolute Gasteiger partial charge is 0.497 e. The molecule has 2 aromatic carbocycles. The van der Waals surface area contributed by atoms with E-state index in [1.54, 1.807) is 17.7 Å². The highest BCUT2D eigenvalue weighted by molar-refractivity contribution is 7.99. The van der Waals surface area contributed by atoms with E-state index < -0.39 is 5.41 Å². The molecule has 0 fully saturated rings. The highest BCUT2D eigenvalue weighted by Crippen LogP contribution is 2.24. The fraction of sp³-hybridized carbons (Fsp3) is 0.318. The van der Waals surface area contributed by atoms with Crippen LogP contribution < -0.4 is 10.3 Å². The summed E-state index contributed by atoms with van der Waals surface area (Å²) in [6.45, 7) is 6.07. The fourth-order valence-electron chi connectivity index (χ4n) is 2.66. The van der Waals surface area contributed by atoms with Gasteiger partial charge in [-0.25, -0.2) is 4.98 Å². The van der Waals surface area contributed by atoms with Gasteiger partial charge in [0.15, 0.2) is 5.16 Å². The maximum Gasteiger partial charge on any atom is 0.262 e. The number of Topliss-reactive ketones (excluding diaryl/α,β-unsaturated/α-hetero) is 1. The van der Waals surface area contributed by atoms with Crippen LogP contribution in [0.15, 0.2) is 58.5 Å². The summed E-state index contributed by atoms with van der Waals surface area (Å²) in [5.74, 6) is 1.16. The lowest BCUT2D eigenvalue weighted by Gasteiger charge is -2.17. The molecule has 0 atom stereocenters. The molecule has 146 valence electrons. The quantitative estimate of drug-likeness (QED) is 0.462. The third kappa shape index (κ3) is 4.44. The summed E-state index contributed by atoms with van der Waals surface area (Å²) in [7, 11) is 1.62. The van der Waals surface area contributed by atoms with Crippen LogP contribution in [0, 0.1) is 5.41 Å². The number of carbonyl (C=O) groups is 1. The molecule has 0 unspecified atom stereocenters. The van der Waals surface area contributed by atoms with Gasteiger partial charge < -0.3 is 4.74 Å². The predicted molar refractivity (Wildman–Crippen MR) is 113 cm³/mol. The van der Waals surface area contributed by atoms with E-state index in [1.165, 1.54) is 11.8 Å². The molecule has 0 aliphatic carbocycles. The van der Waals surface area contributed by atoms with Crippen LogP contribution in [0.1, 0.15) is 26.3 Å². The first-order valence-electron chi connectivity index (χ1n) is 9.08.